The molecular formula is C23H22N2O3S. The summed E-state index contributed by atoms with van der Waals surface area (Å²) >= 11 is 1.69. The summed E-state index contributed by atoms with van der Waals surface area (Å²) in [6.45, 7) is 1.45. The molecule has 3 aromatic rings. The Hall–Kier alpha value is -3.25. The molecule has 2 amide bonds. The average Bonchev–Trinajstić information content (AvgIpc) is 2.73. The van der Waals surface area contributed by atoms with Crippen LogP contribution in [-0.2, 0) is 10.5 Å². The van der Waals surface area contributed by atoms with Crippen LogP contribution in [0.2, 0.25) is 0 Å². The molecule has 0 aliphatic rings. The van der Waals surface area contributed by atoms with E-state index in [4.69, 9.17) is 4.74 Å². The fourth-order valence-corrected chi connectivity index (χ4v) is 3.65. The molecule has 0 atom stereocenters. The van der Waals surface area contributed by atoms with Gasteiger partial charge in [0.2, 0.25) is 5.91 Å². The van der Waals surface area contributed by atoms with Crippen LogP contribution in [0.1, 0.15) is 22.8 Å². The van der Waals surface area contributed by atoms with E-state index in [0.717, 1.165) is 16.2 Å². The van der Waals surface area contributed by atoms with Crippen LogP contribution < -0.4 is 15.4 Å². The Morgan fingerprint density at radius 2 is 1.55 bits per heavy atom. The highest BCUT2D eigenvalue weighted by molar-refractivity contribution is 7.98. The van der Waals surface area contributed by atoms with Gasteiger partial charge in [0.15, 0.2) is 0 Å². The van der Waals surface area contributed by atoms with Crippen LogP contribution in [0.25, 0.3) is 0 Å². The summed E-state index contributed by atoms with van der Waals surface area (Å²) in [5, 5.41) is 5.57. The number of hydrogen-bond acceptors (Lipinski definition) is 4. The predicted molar refractivity (Wildman–Crippen MR) is 118 cm³/mol. The van der Waals surface area contributed by atoms with Crippen molar-refractivity contribution < 1.29 is 14.3 Å². The van der Waals surface area contributed by atoms with Crippen molar-refractivity contribution in [2.24, 2.45) is 0 Å². The molecule has 0 spiro atoms. The van der Waals surface area contributed by atoms with Crippen LogP contribution in [0.3, 0.4) is 0 Å². The lowest BCUT2D eigenvalue weighted by Crippen LogP contribution is -2.12. The number of thioether (sulfide) groups is 1. The van der Waals surface area contributed by atoms with E-state index in [0.29, 0.717) is 22.7 Å². The van der Waals surface area contributed by atoms with E-state index in [1.165, 1.54) is 6.92 Å². The Labute approximate surface area is 174 Å². The van der Waals surface area contributed by atoms with E-state index < -0.39 is 0 Å². The Morgan fingerprint density at radius 1 is 0.897 bits per heavy atom. The van der Waals surface area contributed by atoms with Crippen molar-refractivity contribution in [2.75, 3.05) is 17.7 Å². The summed E-state index contributed by atoms with van der Waals surface area (Å²) in [5.74, 6) is 1.11. The quantitative estimate of drug-likeness (QED) is 0.529. The summed E-state index contributed by atoms with van der Waals surface area (Å²) in [4.78, 5) is 24.9. The molecule has 0 unspecified atom stereocenters. The van der Waals surface area contributed by atoms with Crippen LogP contribution in [0.15, 0.2) is 77.7 Å². The second-order valence-corrected chi connectivity index (χ2v) is 7.39. The normalized spacial score (nSPS) is 10.3. The zero-order chi connectivity index (χ0) is 20.6. The van der Waals surface area contributed by atoms with Gasteiger partial charge in [0.05, 0.1) is 7.11 Å². The Bertz CT molecular complexity index is 989. The number of hydrogen-bond donors (Lipinski definition) is 2. The first kappa shape index (κ1) is 20.5. The first-order valence-corrected chi connectivity index (χ1v) is 10.1. The zero-order valence-corrected chi connectivity index (χ0v) is 17.1. The van der Waals surface area contributed by atoms with Crippen LogP contribution >= 0.6 is 11.8 Å². The molecule has 6 heteroatoms. The molecule has 0 aliphatic carbocycles. The lowest BCUT2D eigenvalue weighted by Gasteiger charge is -2.12. The third-order valence-electron chi connectivity index (χ3n) is 4.14. The van der Waals surface area contributed by atoms with Gasteiger partial charge in [0.1, 0.15) is 5.75 Å². The summed E-state index contributed by atoms with van der Waals surface area (Å²) < 4.78 is 5.45. The van der Waals surface area contributed by atoms with Gasteiger partial charge in [0.25, 0.3) is 5.91 Å². The summed E-state index contributed by atoms with van der Waals surface area (Å²) in [6, 6.07) is 22.5. The lowest BCUT2D eigenvalue weighted by atomic mass is 10.1. The largest absolute Gasteiger partial charge is 0.496 e. The monoisotopic (exact) mass is 406 g/mol. The number of carbonyl (C=O) groups excluding carboxylic acids is 2. The maximum absolute atomic E-state index is 12.7. The van der Waals surface area contributed by atoms with Gasteiger partial charge in [-0.15, -0.1) is 11.8 Å². The molecule has 0 heterocycles. The molecular weight excluding hydrogens is 384 g/mol. The summed E-state index contributed by atoms with van der Waals surface area (Å²) in [6.07, 6.45) is 0. The van der Waals surface area contributed by atoms with Crippen molar-refractivity contribution in [1.82, 2.24) is 0 Å². The molecule has 3 aromatic carbocycles. The fourth-order valence-electron chi connectivity index (χ4n) is 2.75. The van der Waals surface area contributed by atoms with Crippen molar-refractivity contribution in [3.63, 3.8) is 0 Å². The van der Waals surface area contributed by atoms with E-state index in [1.54, 1.807) is 49.2 Å². The first-order valence-electron chi connectivity index (χ1n) is 9.09. The highest BCUT2D eigenvalue weighted by atomic mass is 32.2. The molecule has 0 aliphatic heterocycles. The Kier molecular flexibility index (Phi) is 6.92. The minimum atomic E-state index is -0.203. The van der Waals surface area contributed by atoms with Gasteiger partial charge in [-0.1, -0.05) is 18.2 Å². The third kappa shape index (κ3) is 5.86. The number of anilines is 2. The Balaban J connectivity index is 1.70. The molecule has 0 bridgehead atoms. The zero-order valence-electron chi connectivity index (χ0n) is 16.3. The molecule has 0 radical (unpaired) electrons. The maximum atomic E-state index is 12.7. The van der Waals surface area contributed by atoms with Gasteiger partial charge < -0.3 is 15.4 Å². The number of amides is 2. The van der Waals surface area contributed by atoms with Crippen LogP contribution in [0, 0.1) is 0 Å². The van der Waals surface area contributed by atoms with E-state index in [2.05, 4.69) is 22.8 Å². The van der Waals surface area contributed by atoms with Gasteiger partial charge in [-0.3, -0.25) is 9.59 Å². The topological polar surface area (TPSA) is 67.4 Å². The molecule has 2 N–H and O–H groups in total. The molecule has 0 aromatic heterocycles. The maximum Gasteiger partial charge on any atom is 0.255 e. The number of methoxy groups -OCH3 is 1. The fraction of sp³-hybridized carbons (Fsp3) is 0.130. The van der Waals surface area contributed by atoms with Crippen molar-refractivity contribution in [2.45, 2.75) is 17.6 Å². The number of carbonyl (C=O) groups is 2. The van der Waals surface area contributed by atoms with Crippen LogP contribution in [0.5, 0.6) is 5.75 Å². The molecule has 0 saturated carbocycles. The van der Waals surface area contributed by atoms with Crippen molar-refractivity contribution >= 4 is 35.0 Å². The standard InChI is InChI=1S/C23H22N2O3S/c1-16(26)24-19-9-11-20(12-10-19)25-23(27)17-8-13-22(28-2)18(14-17)15-29-21-6-4-3-5-7-21/h3-14H,15H2,1-2H3,(H,24,26)(H,25,27). The van der Waals surface area contributed by atoms with E-state index in [-0.39, 0.29) is 11.8 Å². The minimum Gasteiger partial charge on any atom is -0.496 e. The summed E-state index contributed by atoms with van der Waals surface area (Å²) in [5.41, 5.74) is 2.84. The van der Waals surface area contributed by atoms with Crippen molar-refractivity contribution in [3.05, 3.63) is 83.9 Å². The van der Waals surface area contributed by atoms with E-state index >= 15 is 0 Å². The second-order valence-electron chi connectivity index (χ2n) is 6.34. The smallest absolute Gasteiger partial charge is 0.255 e. The van der Waals surface area contributed by atoms with Crippen LogP contribution in [-0.4, -0.2) is 18.9 Å². The second kappa shape index (κ2) is 9.80. The number of benzene rings is 3. The number of rotatable bonds is 7. The van der Waals surface area contributed by atoms with Gasteiger partial charge in [-0.2, -0.15) is 0 Å². The molecule has 3 rings (SSSR count). The van der Waals surface area contributed by atoms with Crippen molar-refractivity contribution in [1.29, 1.82) is 0 Å². The Morgan fingerprint density at radius 3 is 2.17 bits per heavy atom. The molecule has 29 heavy (non-hydrogen) atoms. The van der Waals surface area contributed by atoms with E-state index in [1.807, 2.05) is 30.3 Å². The summed E-state index contributed by atoms with van der Waals surface area (Å²) in [7, 11) is 1.63. The molecule has 148 valence electrons. The predicted octanol–water partition coefficient (Wildman–Crippen LogP) is 5.20. The average molecular weight is 407 g/mol. The minimum absolute atomic E-state index is 0.138. The highest BCUT2D eigenvalue weighted by Crippen LogP contribution is 2.29. The van der Waals surface area contributed by atoms with Crippen molar-refractivity contribution in [3.8, 4) is 5.75 Å². The van der Waals surface area contributed by atoms with Gasteiger partial charge in [-0.25, -0.2) is 0 Å². The highest BCUT2D eigenvalue weighted by Gasteiger charge is 2.11. The molecule has 0 fully saturated rings. The first-order chi connectivity index (χ1) is 14.0. The lowest BCUT2D eigenvalue weighted by molar-refractivity contribution is -0.114. The molecule has 0 saturated heterocycles. The van der Waals surface area contributed by atoms with E-state index in [9.17, 15) is 9.59 Å². The van der Waals surface area contributed by atoms with Gasteiger partial charge in [0, 0.05) is 40.1 Å². The van der Waals surface area contributed by atoms with Crippen LogP contribution in [0.4, 0.5) is 11.4 Å². The number of ether oxygens (including phenoxy) is 1. The third-order valence-corrected chi connectivity index (χ3v) is 5.20. The SMILES string of the molecule is COc1ccc(C(=O)Nc2ccc(NC(C)=O)cc2)cc1CSc1ccccc1. The molecule has 5 nitrogen and oxygen atoms in total. The van der Waals surface area contributed by atoms with Gasteiger partial charge >= 0.3 is 0 Å². The van der Waals surface area contributed by atoms with Gasteiger partial charge in [-0.05, 0) is 54.6 Å². The number of nitrogens with one attached hydrogen (secondary N) is 2.